The molecule has 1 aromatic heterocycles. The summed E-state index contributed by atoms with van der Waals surface area (Å²) < 4.78 is 1.01. The van der Waals surface area contributed by atoms with Crippen molar-refractivity contribution in [1.82, 2.24) is 4.98 Å². The van der Waals surface area contributed by atoms with Crippen LogP contribution in [0.5, 0.6) is 0 Å². The number of pyridine rings is 1. The van der Waals surface area contributed by atoms with Gasteiger partial charge in [-0.2, -0.15) is 0 Å². The van der Waals surface area contributed by atoms with Gasteiger partial charge in [0.15, 0.2) is 0 Å². The van der Waals surface area contributed by atoms with Crippen LogP contribution in [-0.4, -0.2) is 17.6 Å². The Morgan fingerprint density at radius 3 is 2.95 bits per heavy atom. The third kappa shape index (κ3) is 2.60. The third-order valence-corrected chi connectivity index (χ3v) is 4.42. The Hall–Kier alpha value is -1.13. The van der Waals surface area contributed by atoms with Crippen molar-refractivity contribution < 1.29 is 0 Å². The summed E-state index contributed by atoms with van der Waals surface area (Å²) in [7, 11) is 0. The number of hydrogen-bond acceptors (Lipinski definition) is 3. The van der Waals surface area contributed by atoms with E-state index in [0.29, 0.717) is 12.6 Å². The number of para-hydroxylation sites is 1. The zero-order valence-electron chi connectivity index (χ0n) is 10.8. The SMILES string of the molecule is NCC(Nc1cccc2cc(Br)cnc12)C1CCC1. The average molecular weight is 320 g/mol. The third-order valence-electron chi connectivity index (χ3n) is 3.99. The lowest BCUT2D eigenvalue weighted by Gasteiger charge is -2.34. The molecular formula is C15H18BrN3. The van der Waals surface area contributed by atoms with Crippen LogP contribution in [0.25, 0.3) is 10.9 Å². The van der Waals surface area contributed by atoms with Gasteiger partial charge in [0, 0.05) is 28.6 Å². The summed E-state index contributed by atoms with van der Waals surface area (Å²) in [5.74, 6) is 0.718. The molecular weight excluding hydrogens is 302 g/mol. The number of rotatable bonds is 4. The van der Waals surface area contributed by atoms with Gasteiger partial charge in [-0.05, 0) is 46.8 Å². The lowest BCUT2D eigenvalue weighted by molar-refractivity contribution is 0.278. The van der Waals surface area contributed by atoms with Crippen LogP contribution in [0.4, 0.5) is 5.69 Å². The number of halogens is 1. The fourth-order valence-electron chi connectivity index (χ4n) is 2.66. The average Bonchev–Trinajstić information content (AvgIpc) is 2.35. The Morgan fingerprint density at radius 2 is 2.26 bits per heavy atom. The highest BCUT2D eigenvalue weighted by atomic mass is 79.9. The Labute approximate surface area is 121 Å². The van der Waals surface area contributed by atoms with Crippen molar-refractivity contribution in [3.05, 3.63) is 34.9 Å². The van der Waals surface area contributed by atoms with Crippen molar-refractivity contribution in [2.75, 3.05) is 11.9 Å². The largest absolute Gasteiger partial charge is 0.379 e. The number of nitrogens with zero attached hydrogens (tertiary/aromatic N) is 1. The predicted molar refractivity (Wildman–Crippen MR) is 83.2 cm³/mol. The van der Waals surface area contributed by atoms with Crippen LogP contribution in [0.15, 0.2) is 34.9 Å². The topological polar surface area (TPSA) is 50.9 Å². The van der Waals surface area contributed by atoms with Crippen LogP contribution >= 0.6 is 15.9 Å². The van der Waals surface area contributed by atoms with Gasteiger partial charge in [-0.1, -0.05) is 18.6 Å². The number of hydrogen-bond donors (Lipinski definition) is 2. The zero-order valence-corrected chi connectivity index (χ0v) is 12.4. The predicted octanol–water partition coefficient (Wildman–Crippen LogP) is 3.54. The van der Waals surface area contributed by atoms with E-state index in [1.807, 2.05) is 6.20 Å². The highest BCUT2D eigenvalue weighted by molar-refractivity contribution is 9.10. The monoisotopic (exact) mass is 319 g/mol. The fourth-order valence-corrected chi connectivity index (χ4v) is 3.01. The second-order valence-corrected chi connectivity index (χ2v) is 6.12. The Bertz CT molecular complexity index is 581. The molecule has 3 nitrogen and oxygen atoms in total. The Kier molecular flexibility index (Phi) is 3.71. The van der Waals surface area contributed by atoms with E-state index < -0.39 is 0 Å². The Morgan fingerprint density at radius 1 is 1.42 bits per heavy atom. The molecule has 19 heavy (non-hydrogen) atoms. The lowest BCUT2D eigenvalue weighted by Crippen LogP contribution is -2.39. The van der Waals surface area contributed by atoms with E-state index in [1.54, 1.807) is 0 Å². The smallest absolute Gasteiger partial charge is 0.0934 e. The molecule has 3 N–H and O–H groups in total. The van der Waals surface area contributed by atoms with Crippen LogP contribution in [0.1, 0.15) is 19.3 Å². The van der Waals surface area contributed by atoms with E-state index in [-0.39, 0.29) is 0 Å². The number of nitrogens with one attached hydrogen (secondary N) is 1. The minimum absolute atomic E-state index is 0.366. The molecule has 1 aromatic carbocycles. The highest BCUT2D eigenvalue weighted by Gasteiger charge is 2.26. The second kappa shape index (κ2) is 5.47. The maximum atomic E-state index is 5.91. The van der Waals surface area contributed by atoms with Crippen molar-refractivity contribution in [3.63, 3.8) is 0 Å². The van der Waals surface area contributed by atoms with Crippen LogP contribution < -0.4 is 11.1 Å². The van der Waals surface area contributed by atoms with Gasteiger partial charge in [-0.3, -0.25) is 4.98 Å². The number of nitrogens with two attached hydrogens (primary N) is 1. The van der Waals surface area contributed by atoms with E-state index in [2.05, 4.69) is 50.5 Å². The molecule has 1 atom stereocenters. The summed E-state index contributed by atoms with van der Waals surface area (Å²) in [6.45, 7) is 0.678. The minimum Gasteiger partial charge on any atom is -0.379 e. The molecule has 3 rings (SSSR count). The van der Waals surface area contributed by atoms with Gasteiger partial charge in [0.2, 0.25) is 0 Å². The van der Waals surface area contributed by atoms with Crippen LogP contribution in [0, 0.1) is 5.92 Å². The number of aromatic nitrogens is 1. The normalized spacial score (nSPS) is 17.2. The molecule has 1 heterocycles. The Balaban J connectivity index is 1.91. The standard InChI is InChI=1S/C15H18BrN3/c16-12-7-11-5-2-6-13(15(11)18-9-12)19-14(8-17)10-3-1-4-10/h2,5-7,9-10,14,19H,1,3-4,8,17H2. The molecule has 0 amide bonds. The fraction of sp³-hybridized carbons (Fsp3) is 0.400. The number of fused-ring (bicyclic) bond motifs is 1. The van der Waals surface area contributed by atoms with Gasteiger partial charge in [0.05, 0.1) is 11.2 Å². The lowest BCUT2D eigenvalue weighted by atomic mass is 9.79. The van der Waals surface area contributed by atoms with E-state index in [0.717, 1.165) is 27.0 Å². The van der Waals surface area contributed by atoms with E-state index in [1.165, 1.54) is 19.3 Å². The molecule has 2 aromatic rings. The summed E-state index contributed by atoms with van der Waals surface area (Å²) in [6.07, 6.45) is 5.76. The van der Waals surface area contributed by atoms with Crippen molar-refractivity contribution in [1.29, 1.82) is 0 Å². The first-order chi connectivity index (χ1) is 9.28. The van der Waals surface area contributed by atoms with Gasteiger partial charge >= 0.3 is 0 Å². The molecule has 1 aliphatic rings. The molecule has 1 aliphatic carbocycles. The zero-order chi connectivity index (χ0) is 13.2. The molecule has 100 valence electrons. The quantitative estimate of drug-likeness (QED) is 0.906. The van der Waals surface area contributed by atoms with E-state index in [9.17, 15) is 0 Å². The van der Waals surface area contributed by atoms with E-state index >= 15 is 0 Å². The molecule has 0 bridgehead atoms. The summed E-state index contributed by atoms with van der Waals surface area (Å²) >= 11 is 3.46. The van der Waals surface area contributed by atoms with Crippen molar-refractivity contribution in [2.45, 2.75) is 25.3 Å². The number of benzene rings is 1. The van der Waals surface area contributed by atoms with Gasteiger partial charge in [-0.25, -0.2) is 0 Å². The molecule has 0 radical (unpaired) electrons. The summed E-state index contributed by atoms with van der Waals surface area (Å²) in [6, 6.07) is 8.69. The number of anilines is 1. The van der Waals surface area contributed by atoms with Gasteiger partial charge in [0.1, 0.15) is 0 Å². The van der Waals surface area contributed by atoms with Gasteiger partial charge in [-0.15, -0.1) is 0 Å². The van der Waals surface area contributed by atoms with Crippen LogP contribution in [-0.2, 0) is 0 Å². The summed E-state index contributed by atoms with van der Waals surface area (Å²) in [4.78, 5) is 4.52. The van der Waals surface area contributed by atoms with Crippen LogP contribution in [0.2, 0.25) is 0 Å². The van der Waals surface area contributed by atoms with Crippen molar-refractivity contribution in [2.24, 2.45) is 11.7 Å². The first kappa shape index (κ1) is 12.9. The molecule has 0 saturated heterocycles. The van der Waals surface area contributed by atoms with Crippen LogP contribution in [0.3, 0.4) is 0 Å². The molecule has 1 saturated carbocycles. The first-order valence-corrected chi connectivity index (χ1v) is 7.58. The van der Waals surface area contributed by atoms with Crippen molar-refractivity contribution >= 4 is 32.5 Å². The summed E-state index contributed by atoms with van der Waals surface area (Å²) in [5.41, 5.74) is 8.02. The summed E-state index contributed by atoms with van der Waals surface area (Å²) in [5, 5.41) is 4.73. The molecule has 1 unspecified atom stereocenters. The second-order valence-electron chi connectivity index (χ2n) is 5.21. The maximum Gasteiger partial charge on any atom is 0.0934 e. The van der Waals surface area contributed by atoms with Gasteiger partial charge < -0.3 is 11.1 Å². The minimum atomic E-state index is 0.366. The van der Waals surface area contributed by atoms with E-state index in [4.69, 9.17) is 5.73 Å². The highest BCUT2D eigenvalue weighted by Crippen LogP contribution is 2.32. The molecule has 4 heteroatoms. The van der Waals surface area contributed by atoms with Crippen molar-refractivity contribution in [3.8, 4) is 0 Å². The molecule has 0 spiro atoms. The molecule has 1 fully saturated rings. The van der Waals surface area contributed by atoms with Gasteiger partial charge in [0.25, 0.3) is 0 Å². The molecule has 0 aliphatic heterocycles. The maximum absolute atomic E-state index is 5.91. The first-order valence-electron chi connectivity index (χ1n) is 6.79.